The number of nitrogens with two attached hydrogens (primary N) is 1. The Hall–Kier alpha value is -2.35. The average Bonchev–Trinajstić information content (AvgIpc) is 2.77. The van der Waals surface area contributed by atoms with Crippen LogP contribution in [0.3, 0.4) is 0 Å². The second kappa shape index (κ2) is 8.95. The number of halogens is 2. The monoisotopic (exact) mass is 486 g/mol. The third-order valence-electron chi connectivity index (χ3n) is 9.29. The standard InChI is InChI=1S/C27H37F2N5O/c1-17(30)34(18(2)31)24-16-23-27(24)14-10-22(27)33(23)15-11-21(19-6-4-3-5-7-19)32-25(35)20-8-12-26(28,29)13-9-20/h3-7,20-24,30-31H,8-16H2,1-2H3,(H,32,35)/p+1/t21-,22?,23?,24?,27?/m0/s1. The number of amidine groups is 2. The van der Waals surface area contributed by atoms with Gasteiger partial charge < -0.3 is 11.1 Å². The van der Waals surface area contributed by atoms with Gasteiger partial charge in [0.25, 0.3) is 0 Å². The van der Waals surface area contributed by atoms with E-state index >= 15 is 0 Å². The van der Waals surface area contributed by atoms with Gasteiger partial charge in [-0.1, -0.05) is 30.3 Å². The van der Waals surface area contributed by atoms with Crippen LogP contribution in [0, 0.1) is 16.7 Å². The van der Waals surface area contributed by atoms with E-state index in [-0.39, 0.29) is 49.0 Å². The molecule has 3 saturated carbocycles. The number of rotatable bonds is 7. The molecule has 1 aliphatic heterocycles. The van der Waals surface area contributed by atoms with Crippen molar-refractivity contribution in [2.24, 2.45) is 17.1 Å². The quantitative estimate of drug-likeness (QED) is 0.309. The molecule has 0 bridgehead atoms. The van der Waals surface area contributed by atoms with Crippen molar-refractivity contribution in [1.82, 2.24) is 10.2 Å². The smallest absolute Gasteiger partial charge is 0.248 e. The van der Waals surface area contributed by atoms with Crippen molar-refractivity contribution in [1.29, 1.82) is 5.41 Å². The minimum atomic E-state index is -2.63. The van der Waals surface area contributed by atoms with Gasteiger partial charge in [-0.2, -0.15) is 5.41 Å². The van der Waals surface area contributed by atoms with Gasteiger partial charge in [0.1, 0.15) is 0 Å². The van der Waals surface area contributed by atoms with Crippen LogP contribution in [-0.4, -0.2) is 57.6 Å². The molecule has 8 heteroatoms. The Balaban J connectivity index is 1.23. The third kappa shape index (κ3) is 4.07. The fourth-order valence-corrected chi connectivity index (χ4v) is 7.43. The maximum atomic E-state index is 13.6. The lowest BCUT2D eigenvalue weighted by molar-refractivity contribution is -0.548. The molecule has 4 N–H and O–H groups in total. The number of nitrogens with zero attached hydrogens (tertiary/aromatic N) is 2. The maximum absolute atomic E-state index is 13.6. The molecule has 5 rings (SSSR count). The molecule has 6 nitrogen and oxygen atoms in total. The van der Waals surface area contributed by atoms with E-state index in [2.05, 4.69) is 10.2 Å². The van der Waals surface area contributed by atoms with E-state index in [1.165, 1.54) is 12.8 Å². The van der Waals surface area contributed by atoms with E-state index in [4.69, 9.17) is 11.1 Å². The molecule has 190 valence electrons. The molecule has 4 aliphatic rings. The van der Waals surface area contributed by atoms with Gasteiger partial charge in [0, 0.05) is 56.7 Å². The van der Waals surface area contributed by atoms with Crippen molar-refractivity contribution in [3.05, 3.63) is 35.9 Å². The van der Waals surface area contributed by atoms with Gasteiger partial charge in [0.05, 0.1) is 12.1 Å². The number of nitrogens with one attached hydrogen (secondary N) is 2. The summed E-state index contributed by atoms with van der Waals surface area (Å²) >= 11 is 0. The number of hydrogen-bond donors (Lipinski definition) is 3. The molecule has 3 aliphatic carbocycles. The van der Waals surface area contributed by atoms with Gasteiger partial charge in [-0.3, -0.25) is 9.69 Å². The minimum Gasteiger partial charge on any atom is -0.349 e. The molecule has 35 heavy (non-hydrogen) atoms. The summed E-state index contributed by atoms with van der Waals surface area (Å²) in [5, 5.41) is 11.4. The summed E-state index contributed by atoms with van der Waals surface area (Å²) in [6, 6.07) is 11.2. The predicted octanol–water partition coefficient (Wildman–Crippen LogP) is 4.05. The van der Waals surface area contributed by atoms with Crippen molar-refractivity contribution in [3.63, 3.8) is 0 Å². The zero-order valence-electron chi connectivity index (χ0n) is 20.8. The van der Waals surface area contributed by atoms with Crippen molar-refractivity contribution >= 4 is 17.6 Å². The molecule has 1 aromatic rings. The van der Waals surface area contributed by atoms with Gasteiger partial charge in [-0.15, -0.1) is 0 Å². The molecule has 4 fully saturated rings. The molecule has 1 amide bonds. The second-order valence-corrected chi connectivity index (χ2v) is 11.2. The first kappa shape index (κ1) is 24.3. The lowest BCUT2D eigenvalue weighted by atomic mass is 9.40. The van der Waals surface area contributed by atoms with Gasteiger partial charge in [0.15, 0.2) is 5.84 Å². The largest absolute Gasteiger partial charge is 0.349 e. The van der Waals surface area contributed by atoms with Crippen LogP contribution in [0.1, 0.15) is 76.8 Å². The Bertz CT molecular complexity index is 1010. The Morgan fingerprint density at radius 3 is 2.40 bits per heavy atom. The fourth-order valence-electron chi connectivity index (χ4n) is 7.43. The number of carbonyl (C=O) groups excluding carboxylic acids is 1. The fraction of sp³-hybridized carbons (Fsp3) is 0.667. The molecule has 1 spiro atoms. The van der Waals surface area contributed by atoms with Crippen LogP contribution in [0.25, 0.3) is 0 Å². The summed E-state index contributed by atoms with van der Waals surface area (Å²) in [4.78, 5) is 15.6. The molecular weight excluding hydrogens is 448 g/mol. The molecule has 4 unspecified atom stereocenters. The molecular formula is C27H38F2N5O+. The molecule has 0 aromatic heterocycles. The summed E-state index contributed by atoms with van der Waals surface area (Å²) < 4.78 is 29.2. The number of hydrogen-bond acceptors (Lipinski definition) is 3. The van der Waals surface area contributed by atoms with Crippen LogP contribution >= 0.6 is 0 Å². The van der Waals surface area contributed by atoms with Gasteiger partial charge in [0.2, 0.25) is 17.7 Å². The first-order valence-corrected chi connectivity index (χ1v) is 13.1. The number of likely N-dealkylation sites (tertiary alicyclic amines) is 1. The van der Waals surface area contributed by atoms with Crippen molar-refractivity contribution in [2.45, 2.75) is 95.3 Å². The van der Waals surface area contributed by atoms with Crippen LogP contribution in [0.15, 0.2) is 30.3 Å². The summed E-state index contributed by atoms with van der Waals surface area (Å²) in [7, 11) is 0. The summed E-state index contributed by atoms with van der Waals surface area (Å²) in [5.41, 5.74) is 7.45. The predicted molar refractivity (Wildman–Crippen MR) is 132 cm³/mol. The number of piperidine rings is 2. The van der Waals surface area contributed by atoms with E-state index in [9.17, 15) is 13.6 Å². The lowest BCUT2D eigenvalue weighted by Gasteiger charge is -2.79. The van der Waals surface area contributed by atoms with Crippen LogP contribution in [0.2, 0.25) is 0 Å². The Morgan fingerprint density at radius 1 is 1.17 bits per heavy atom. The van der Waals surface area contributed by atoms with Crippen LogP contribution in [0.4, 0.5) is 8.78 Å². The van der Waals surface area contributed by atoms with Gasteiger partial charge in [-0.05, 0) is 44.1 Å². The molecule has 1 aromatic carbocycles. The van der Waals surface area contributed by atoms with Crippen molar-refractivity contribution < 1.29 is 18.2 Å². The topological polar surface area (TPSA) is 85.2 Å². The Kier molecular flexibility index (Phi) is 6.22. The van der Waals surface area contributed by atoms with Crippen LogP contribution in [-0.2, 0) is 4.79 Å². The number of alkyl halides is 2. The van der Waals surface area contributed by atoms with Gasteiger partial charge in [-0.25, -0.2) is 13.4 Å². The van der Waals surface area contributed by atoms with E-state index in [0.717, 1.165) is 24.9 Å². The molecule has 1 heterocycles. The molecule has 1 saturated heterocycles. The Morgan fingerprint density at radius 2 is 1.86 bits per heavy atom. The third-order valence-corrected chi connectivity index (χ3v) is 9.29. The first-order chi connectivity index (χ1) is 16.6. The molecule has 0 radical (unpaired) electrons. The normalized spacial score (nSPS) is 33.1. The highest BCUT2D eigenvalue weighted by Crippen LogP contribution is 2.68. The summed E-state index contributed by atoms with van der Waals surface area (Å²) in [6.45, 7) is 4.58. The van der Waals surface area contributed by atoms with Crippen molar-refractivity contribution in [2.75, 3.05) is 6.54 Å². The summed E-state index contributed by atoms with van der Waals surface area (Å²) in [5.74, 6) is -1.84. The number of benzene rings is 1. The number of amides is 1. The van der Waals surface area contributed by atoms with Gasteiger partial charge >= 0.3 is 0 Å². The first-order valence-electron chi connectivity index (χ1n) is 13.1. The van der Waals surface area contributed by atoms with Crippen molar-refractivity contribution in [3.8, 4) is 0 Å². The molecule has 5 atom stereocenters. The lowest BCUT2D eigenvalue weighted by Crippen LogP contribution is -2.88. The SMILES string of the molecule is CC(=N)[N+](=C(C)N)C1CC2N(CC[C@H](NC(=O)C3CCC(F)(F)CC3)c3ccccc3)C3CCC321. The Labute approximate surface area is 206 Å². The second-order valence-electron chi connectivity index (χ2n) is 11.2. The van der Waals surface area contributed by atoms with E-state index in [1.54, 1.807) is 0 Å². The highest BCUT2D eigenvalue weighted by Gasteiger charge is 2.76. The highest BCUT2D eigenvalue weighted by molar-refractivity contribution is 5.81. The summed E-state index contributed by atoms with van der Waals surface area (Å²) in [6.07, 6.45) is 4.26. The average molecular weight is 487 g/mol. The minimum absolute atomic E-state index is 0.0919. The van der Waals surface area contributed by atoms with E-state index < -0.39 is 5.92 Å². The van der Waals surface area contributed by atoms with Crippen LogP contribution < -0.4 is 11.1 Å². The van der Waals surface area contributed by atoms with E-state index in [0.29, 0.717) is 29.8 Å². The number of carbonyl (C=O) groups is 1. The zero-order chi connectivity index (χ0) is 25.0. The zero-order valence-corrected chi connectivity index (χ0v) is 20.8. The maximum Gasteiger partial charge on any atom is 0.248 e. The highest BCUT2D eigenvalue weighted by atomic mass is 19.3. The van der Waals surface area contributed by atoms with E-state index in [1.807, 2.05) is 48.8 Å². The van der Waals surface area contributed by atoms with Crippen LogP contribution in [0.5, 0.6) is 0 Å².